The van der Waals surface area contributed by atoms with E-state index in [9.17, 15) is 4.79 Å². The molecule has 0 saturated heterocycles. The van der Waals surface area contributed by atoms with Gasteiger partial charge >= 0.3 is 0 Å². The van der Waals surface area contributed by atoms with Crippen LogP contribution in [0.2, 0.25) is 0 Å². The summed E-state index contributed by atoms with van der Waals surface area (Å²) in [6.45, 7) is 7.53. The van der Waals surface area contributed by atoms with Crippen LogP contribution in [0, 0.1) is 12.8 Å². The van der Waals surface area contributed by atoms with Crippen molar-refractivity contribution in [2.75, 3.05) is 13.2 Å². The lowest BCUT2D eigenvalue weighted by Gasteiger charge is -2.24. The van der Waals surface area contributed by atoms with Gasteiger partial charge in [-0.05, 0) is 42.7 Å². The van der Waals surface area contributed by atoms with Crippen LogP contribution in [0.3, 0.4) is 0 Å². The molecule has 0 radical (unpaired) electrons. The highest BCUT2D eigenvalue weighted by Gasteiger charge is 2.21. The molecule has 0 bridgehead atoms. The third kappa shape index (κ3) is 4.13. The van der Waals surface area contributed by atoms with Gasteiger partial charge in [-0.2, -0.15) is 0 Å². The first kappa shape index (κ1) is 17.3. The van der Waals surface area contributed by atoms with E-state index >= 15 is 0 Å². The van der Waals surface area contributed by atoms with Gasteiger partial charge in [0.05, 0.1) is 19.3 Å². The fourth-order valence-corrected chi connectivity index (χ4v) is 2.94. The summed E-state index contributed by atoms with van der Waals surface area (Å²) in [6.07, 6.45) is 0.877. The van der Waals surface area contributed by atoms with Crippen LogP contribution in [0.1, 0.15) is 47.8 Å². The van der Waals surface area contributed by atoms with E-state index < -0.39 is 0 Å². The number of carbonyl (C=O) groups excluding carboxylic acids is 1. The molecular weight excluding hydrogens is 314 g/mol. The average Bonchev–Trinajstić information content (AvgIpc) is 2.84. The van der Waals surface area contributed by atoms with E-state index in [1.54, 1.807) is 0 Å². The summed E-state index contributed by atoms with van der Waals surface area (Å²) in [5, 5.41) is 3.16. The minimum Gasteiger partial charge on any atom is -0.490 e. The standard InChI is InChI=1S/C21H25NO3/c1-14(2)20(22-21(23)16-7-5-15(3)6-8-16)17-9-10-18-19(13-17)25-12-4-11-24-18/h5-10,13-14,20H,4,11-12H2,1-3H3,(H,22,23)/t20-/m0/s1. The maximum absolute atomic E-state index is 12.6. The Morgan fingerprint density at radius 3 is 2.36 bits per heavy atom. The van der Waals surface area contributed by atoms with E-state index in [4.69, 9.17) is 9.47 Å². The molecular formula is C21H25NO3. The molecule has 0 unspecified atom stereocenters. The van der Waals surface area contributed by atoms with E-state index in [-0.39, 0.29) is 17.9 Å². The first-order chi connectivity index (χ1) is 12.0. The van der Waals surface area contributed by atoms with Gasteiger partial charge in [-0.1, -0.05) is 37.6 Å². The Kier molecular flexibility index (Phi) is 5.27. The Hall–Kier alpha value is -2.49. The number of hydrogen-bond acceptors (Lipinski definition) is 3. The summed E-state index contributed by atoms with van der Waals surface area (Å²) in [4.78, 5) is 12.6. The number of aryl methyl sites for hydroxylation is 1. The molecule has 2 aromatic rings. The third-order valence-electron chi connectivity index (χ3n) is 4.40. The molecule has 3 rings (SSSR count). The number of fused-ring (bicyclic) bond motifs is 1. The number of amides is 1. The second kappa shape index (κ2) is 7.60. The predicted molar refractivity (Wildman–Crippen MR) is 98.3 cm³/mol. The SMILES string of the molecule is Cc1ccc(C(=O)N[C@H](c2ccc3c(c2)OCCCO3)C(C)C)cc1. The molecule has 0 aromatic heterocycles. The first-order valence-corrected chi connectivity index (χ1v) is 8.81. The third-order valence-corrected chi connectivity index (χ3v) is 4.40. The van der Waals surface area contributed by atoms with Crippen molar-refractivity contribution in [3.63, 3.8) is 0 Å². The fourth-order valence-electron chi connectivity index (χ4n) is 2.94. The molecule has 2 aromatic carbocycles. The van der Waals surface area contributed by atoms with E-state index in [0.29, 0.717) is 18.8 Å². The summed E-state index contributed by atoms with van der Waals surface area (Å²) in [6, 6.07) is 13.5. The predicted octanol–water partition coefficient (Wildman–Crippen LogP) is 4.28. The minimum absolute atomic E-state index is 0.0641. The zero-order chi connectivity index (χ0) is 17.8. The van der Waals surface area contributed by atoms with Gasteiger partial charge in [0.25, 0.3) is 5.91 Å². The Morgan fingerprint density at radius 1 is 1.00 bits per heavy atom. The van der Waals surface area contributed by atoms with Gasteiger partial charge in [-0.25, -0.2) is 0 Å². The molecule has 1 heterocycles. The molecule has 0 fully saturated rings. The lowest BCUT2D eigenvalue weighted by atomic mass is 9.95. The minimum atomic E-state index is -0.0917. The normalized spacial score (nSPS) is 14.7. The van der Waals surface area contributed by atoms with E-state index in [1.807, 2.05) is 49.4 Å². The van der Waals surface area contributed by atoms with E-state index in [0.717, 1.165) is 29.0 Å². The second-order valence-corrected chi connectivity index (χ2v) is 6.82. The largest absolute Gasteiger partial charge is 0.490 e. The fraction of sp³-hybridized carbons (Fsp3) is 0.381. The van der Waals surface area contributed by atoms with E-state index in [2.05, 4.69) is 19.2 Å². The maximum Gasteiger partial charge on any atom is 0.251 e. The molecule has 1 atom stereocenters. The van der Waals surface area contributed by atoms with Gasteiger partial charge in [0.2, 0.25) is 0 Å². The van der Waals surface area contributed by atoms with E-state index in [1.165, 1.54) is 0 Å². The second-order valence-electron chi connectivity index (χ2n) is 6.82. The van der Waals surface area contributed by atoms with Crippen molar-refractivity contribution in [3.05, 3.63) is 59.2 Å². The monoisotopic (exact) mass is 339 g/mol. The molecule has 4 heteroatoms. The molecule has 132 valence electrons. The van der Waals surface area contributed by atoms with Crippen molar-refractivity contribution in [2.24, 2.45) is 5.92 Å². The Bertz CT molecular complexity index is 737. The van der Waals surface area contributed by atoms with Crippen LogP contribution in [0.5, 0.6) is 11.5 Å². The molecule has 0 spiro atoms. The zero-order valence-corrected chi connectivity index (χ0v) is 15.0. The first-order valence-electron chi connectivity index (χ1n) is 8.81. The summed E-state index contributed by atoms with van der Waals surface area (Å²) in [5.74, 6) is 1.71. The molecule has 4 nitrogen and oxygen atoms in total. The van der Waals surface area contributed by atoms with Crippen molar-refractivity contribution < 1.29 is 14.3 Å². The van der Waals surface area contributed by atoms with Crippen LogP contribution in [0.15, 0.2) is 42.5 Å². The highest BCUT2D eigenvalue weighted by Crippen LogP contribution is 2.34. The topological polar surface area (TPSA) is 47.6 Å². The van der Waals surface area contributed by atoms with Gasteiger partial charge in [-0.3, -0.25) is 4.79 Å². The quantitative estimate of drug-likeness (QED) is 0.904. The summed E-state index contributed by atoms with van der Waals surface area (Å²) < 4.78 is 11.5. The summed E-state index contributed by atoms with van der Waals surface area (Å²) in [5.41, 5.74) is 2.84. The molecule has 0 saturated carbocycles. The molecule has 25 heavy (non-hydrogen) atoms. The summed E-state index contributed by atoms with van der Waals surface area (Å²) >= 11 is 0. The van der Waals surface area contributed by atoms with Crippen LogP contribution in [0.25, 0.3) is 0 Å². The average molecular weight is 339 g/mol. The van der Waals surface area contributed by atoms with Gasteiger partial charge in [0.15, 0.2) is 11.5 Å². The Labute approximate surface area is 149 Å². The number of hydrogen-bond donors (Lipinski definition) is 1. The maximum atomic E-state index is 12.6. The summed E-state index contributed by atoms with van der Waals surface area (Å²) in [7, 11) is 0. The number of benzene rings is 2. The van der Waals surface area contributed by atoms with Crippen molar-refractivity contribution in [3.8, 4) is 11.5 Å². The van der Waals surface area contributed by atoms with Gasteiger partial charge in [0.1, 0.15) is 0 Å². The van der Waals surface area contributed by atoms with Crippen LogP contribution in [-0.2, 0) is 0 Å². The van der Waals surface area contributed by atoms with Crippen molar-refractivity contribution in [1.29, 1.82) is 0 Å². The number of carbonyl (C=O) groups is 1. The lowest BCUT2D eigenvalue weighted by molar-refractivity contribution is 0.0925. The molecule has 1 amide bonds. The van der Waals surface area contributed by atoms with Crippen LogP contribution < -0.4 is 14.8 Å². The molecule has 0 aliphatic carbocycles. The van der Waals surface area contributed by atoms with Crippen molar-refractivity contribution >= 4 is 5.91 Å². The Balaban J connectivity index is 1.82. The van der Waals surface area contributed by atoms with Crippen LogP contribution >= 0.6 is 0 Å². The van der Waals surface area contributed by atoms with Crippen molar-refractivity contribution in [1.82, 2.24) is 5.32 Å². The molecule has 1 aliphatic heterocycles. The Morgan fingerprint density at radius 2 is 1.68 bits per heavy atom. The van der Waals surface area contributed by atoms with Gasteiger partial charge < -0.3 is 14.8 Å². The van der Waals surface area contributed by atoms with Crippen LogP contribution in [-0.4, -0.2) is 19.1 Å². The lowest BCUT2D eigenvalue weighted by Crippen LogP contribution is -2.31. The van der Waals surface area contributed by atoms with Gasteiger partial charge in [-0.15, -0.1) is 0 Å². The highest BCUT2D eigenvalue weighted by molar-refractivity contribution is 5.94. The van der Waals surface area contributed by atoms with Crippen molar-refractivity contribution in [2.45, 2.75) is 33.2 Å². The number of nitrogens with one attached hydrogen (secondary N) is 1. The smallest absolute Gasteiger partial charge is 0.251 e. The van der Waals surface area contributed by atoms with Gasteiger partial charge in [0, 0.05) is 12.0 Å². The van der Waals surface area contributed by atoms with Crippen LogP contribution in [0.4, 0.5) is 0 Å². The molecule has 1 aliphatic rings. The molecule has 1 N–H and O–H groups in total. The number of rotatable bonds is 4. The zero-order valence-electron chi connectivity index (χ0n) is 15.0. The highest BCUT2D eigenvalue weighted by atomic mass is 16.5. The number of ether oxygens (including phenoxy) is 2.